The number of likely N-dealkylation sites (tertiary alicyclic amines) is 1. The van der Waals surface area contributed by atoms with Crippen LogP contribution in [0.2, 0.25) is 0 Å². The lowest BCUT2D eigenvalue weighted by Crippen LogP contribution is -2.51. The fraction of sp³-hybridized carbons (Fsp3) is 0.857. The van der Waals surface area contributed by atoms with Crippen LogP contribution in [0.3, 0.4) is 0 Å². The number of rotatable bonds is 19. The van der Waals surface area contributed by atoms with Crippen molar-refractivity contribution < 1.29 is 48.3 Å². The Labute approximate surface area is 230 Å². The zero-order valence-corrected chi connectivity index (χ0v) is 23.5. The van der Waals surface area contributed by atoms with Crippen molar-refractivity contribution in [2.75, 3.05) is 27.4 Å². The zero-order chi connectivity index (χ0) is 28.6. The van der Waals surface area contributed by atoms with Gasteiger partial charge < -0.3 is 38.9 Å². The van der Waals surface area contributed by atoms with Crippen molar-refractivity contribution in [3.8, 4) is 0 Å². The second-order valence-corrected chi connectivity index (χ2v) is 11.3. The van der Waals surface area contributed by atoms with E-state index in [0.717, 1.165) is 32.1 Å². The third-order valence-corrected chi connectivity index (χ3v) is 8.26. The van der Waals surface area contributed by atoms with Gasteiger partial charge in [-0.1, -0.05) is 19.3 Å². The number of hydrogen-bond acceptors (Lipinski definition) is 10. The summed E-state index contributed by atoms with van der Waals surface area (Å²) in [5, 5.41) is 20.5. The molecular formula is C28H45NO10. The van der Waals surface area contributed by atoms with Crippen LogP contribution in [0.1, 0.15) is 84.0 Å². The number of epoxide rings is 2. The summed E-state index contributed by atoms with van der Waals surface area (Å²) in [5.74, 6) is -4.05. The summed E-state index contributed by atoms with van der Waals surface area (Å²) < 4.78 is 21.5. The van der Waals surface area contributed by atoms with Crippen LogP contribution >= 0.6 is 0 Å². The molecule has 0 aromatic heterocycles. The first kappa shape index (κ1) is 31.8. The summed E-state index contributed by atoms with van der Waals surface area (Å²) in [4.78, 5) is 50.1. The van der Waals surface area contributed by atoms with E-state index in [4.69, 9.17) is 18.9 Å². The molecule has 0 aromatic rings. The molecule has 3 aliphatic rings. The molecule has 3 fully saturated rings. The van der Waals surface area contributed by atoms with Crippen molar-refractivity contribution in [2.45, 2.75) is 126 Å². The molecule has 3 rings (SSSR count). The molecular weight excluding hydrogens is 510 g/mol. The number of nitrogens with zero attached hydrogens (tertiary/aromatic N) is 1. The van der Waals surface area contributed by atoms with Gasteiger partial charge in [0.1, 0.15) is 18.2 Å². The van der Waals surface area contributed by atoms with Crippen LogP contribution in [-0.2, 0) is 38.1 Å². The van der Waals surface area contributed by atoms with E-state index in [1.54, 1.807) is 14.2 Å². The molecule has 11 heteroatoms. The smallest absolute Gasteiger partial charge is 0.296 e. The fourth-order valence-corrected chi connectivity index (χ4v) is 5.50. The fourth-order valence-electron chi connectivity index (χ4n) is 5.50. The Hall–Kier alpha value is -1.76. The van der Waals surface area contributed by atoms with E-state index in [2.05, 4.69) is 0 Å². The van der Waals surface area contributed by atoms with E-state index in [1.165, 1.54) is 4.90 Å². The van der Waals surface area contributed by atoms with Crippen LogP contribution in [0.15, 0.2) is 0 Å². The Morgan fingerprint density at radius 2 is 1.87 bits per heavy atom. The van der Waals surface area contributed by atoms with E-state index in [9.17, 15) is 29.4 Å². The van der Waals surface area contributed by atoms with Crippen molar-refractivity contribution in [3.05, 3.63) is 0 Å². The number of aliphatic hydroxyl groups excluding tert-OH is 1. The second-order valence-electron chi connectivity index (χ2n) is 11.3. The van der Waals surface area contributed by atoms with E-state index in [0.29, 0.717) is 51.5 Å². The molecule has 1 amide bonds. The molecule has 7 atom stereocenters. The Morgan fingerprint density at radius 1 is 1.10 bits per heavy atom. The number of Topliss-reactive ketones (excluding diaryl/α,β-unsaturated/α-hetero) is 2. The first-order chi connectivity index (χ1) is 18.6. The number of piperidine rings is 1. The summed E-state index contributed by atoms with van der Waals surface area (Å²) in [6.45, 7) is 2.74. The highest BCUT2D eigenvalue weighted by Gasteiger charge is 2.64. The molecule has 2 N–H and O–H groups in total. The Bertz CT molecular complexity index is 867. The SMILES string of the molecule is COCCC(O)CC(=O)CC1OC1(C)CCCCCC(CC1OC1(O)C(=O)C(=O)N1CCCCC1C=O)OC. The van der Waals surface area contributed by atoms with Crippen LogP contribution < -0.4 is 0 Å². The predicted octanol–water partition coefficient (Wildman–Crippen LogP) is 1.48. The van der Waals surface area contributed by atoms with Gasteiger partial charge in [0.25, 0.3) is 17.5 Å². The minimum Gasteiger partial charge on any atom is -0.393 e. The summed E-state index contributed by atoms with van der Waals surface area (Å²) >= 11 is 0. The molecule has 7 unspecified atom stereocenters. The standard InChI is InChI=1S/C28H45NO10/c1-27(23(38-27)16-21(32)15-20(31)11-14-36-2)12-7-4-5-10-22(37-3)17-24-28(35,39-24)25(33)26(34)29-13-8-6-9-19(29)18-30/h18-20,22-24,31,35H,4-17H2,1-3H3. The maximum absolute atomic E-state index is 12.7. The predicted molar refractivity (Wildman–Crippen MR) is 139 cm³/mol. The Morgan fingerprint density at radius 3 is 2.56 bits per heavy atom. The number of ketones is 2. The van der Waals surface area contributed by atoms with Crippen molar-refractivity contribution in [3.63, 3.8) is 0 Å². The monoisotopic (exact) mass is 555 g/mol. The van der Waals surface area contributed by atoms with Crippen LogP contribution in [-0.4, -0.2) is 108 Å². The number of amides is 1. The van der Waals surface area contributed by atoms with Crippen molar-refractivity contribution in [1.29, 1.82) is 0 Å². The van der Waals surface area contributed by atoms with Crippen LogP contribution in [0.5, 0.6) is 0 Å². The third kappa shape index (κ3) is 8.61. The van der Waals surface area contributed by atoms with Crippen molar-refractivity contribution >= 4 is 23.8 Å². The Balaban J connectivity index is 1.31. The number of carbonyl (C=O) groups excluding carboxylic acids is 4. The lowest BCUT2D eigenvalue weighted by Gasteiger charge is -2.31. The van der Waals surface area contributed by atoms with E-state index >= 15 is 0 Å². The summed E-state index contributed by atoms with van der Waals surface area (Å²) in [6.07, 6.45) is 6.23. The van der Waals surface area contributed by atoms with Crippen LogP contribution in [0, 0.1) is 0 Å². The number of unbranched alkanes of at least 4 members (excludes halogenated alkanes) is 2. The molecule has 11 nitrogen and oxygen atoms in total. The lowest BCUT2D eigenvalue weighted by molar-refractivity contribution is -0.157. The maximum atomic E-state index is 12.7. The first-order valence-corrected chi connectivity index (χ1v) is 14.2. The van der Waals surface area contributed by atoms with Crippen LogP contribution in [0.4, 0.5) is 0 Å². The highest BCUT2D eigenvalue weighted by Crippen LogP contribution is 2.43. The molecule has 0 bridgehead atoms. The number of hydrogen-bond donors (Lipinski definition) is 2. The topological polar surface area (TPSA) is 156 Å². The Kier molecular flexibility index (Phi) is 11.6. The number of aliphatic hydroxyl groups is 2. The zero-order valence-electron chi connectivity index (χ0n) is 23.5. The minimum absolute atomic E-state index is 0.00261. The summed E-state index contributed by atoms with van der Waals surface area (Å²) in [6, 6.07) is -0.638. The van der Waals surface area contributed by atoms with E-state index in [1.807, 2.05) is 6.92 Å². The van der Waals surface area contributed by atoms with Gasteiger partial charge >= 0.3 is 0 Å². The maximum Gasteiger partial charge on any atom is 0.296 e. The molecule has 3 aliphatic heterocycles. The second kappa shape index (κ2) is 14.2. The average Bonchev–Trinajstić information content (AvgIpc) is 3.79. The van der Waals surface area contributed by atoms with Gasteiger partial charge in [-0.2, -0.15) is 0 Å². The molecule has 0 spiro atoms. The quantitative estimate of drug-likeness (QED) is 0.104. The summed E-state index contributed by atoms with van der Waals surface area (Å²) in [7, 11) is 3.12. The normalized spacial score (nSPS) is 31.4. The molecule has 0 radical (unpaired) electrons. The van der Waals surface area contributed by atoms with Crippen molar-refractivity contribution in [2.24, 2.45) is 0 Å². The molecule has 222 valence electrons. The number of aldehydes is 1. The average molecular weight is 556 g/mol. The lowest BCUT2D eigenvalue weighted by atomic mass is 9.94. The summed E-state index contributed by atoms with van der Waals surface area (Å²) in [5.41, 5.74) is -0.309. The number of methoxy groups -OCH3 is 2. The van der Waals surface area contributed by atoms with Gasteiger partial charge in [-0.05, 0) is 45.4 Å². The van der Waals surface area contributed by atoms with Gasteiger partial charge in [0, 0.05) is 46.6 Å². The highest BCUT2D eigenvalue weighted by atomic mass is 16.7. The van der Waals surface area contributed by atoms with Gasteiger partial charge in [0.2, 0.25) is 0 Å². The molecule has 0 aliphatic carbocycles. The van der Waals surface area contributed by atoms with E-state index < -0.39 is 35.7 Å². The number of ether oxygens (including phenoxy) is 4. The van der Waals surface area contributed by atoms with Gasteiger partial charge in [-0.15, -0.1) is 0 Å². The highest BCUT2D eigenvalue weighted by molar-refractivity contribution is 6.39. The van der Waals surface area contributed by atoms with Crippen LogP contribution in [0.25, 0.3) is 0 Å². The molecule has 0 saturated carbocycles. The van der Waals surface area contributed by atoms with Gasteiger partial charge in [0.15, 0.2) is 0 Å². The van der Waals surface area contributed by atoms with E-state index in [-0.39, 0.29) is 36.4 Å². The third-order valence-electron chi connectivity index (χ3n) is 8.26. The van der Waals surface area contributed by atoms with Crippen molar-refractivity contribution in [1.82, 2.24) is 4.90 Å². The molecule has 3 heterocycles. The minimum atomic E-state index is -2.15. The molecule has 39 heavy (non-hydrogen) atoms. The molecule has 3 saturated heterocycles. The number of carbonyl (C=O) groups is 4. The largest absolute Gasteiger partial charge is 0.393 e. The molecule has 0 aromatic carbocycles. The van der Waals surface area contributed by atoms with Gasteiger partial charge in [-0.3, -0.25) is 14.4 Å². The first-order valence-electron chi connectivity index (χ1n) is 14.2. The van der Waals surface area contributed by atoms with Gasteiger partial charge in [-0.25, -0.2) is 0 Å². The van der Waals surface area contributed by atoms with Gasteiger partial charge in [0.05, 0.1) is 30.0 Å².